The number of halogens is 1. The second-order valence-electron chi connectivity index (χ2n) is 14.3. The predicted octanol–water partition coefficient (Wildman–Crippen LogP) is 5.14. The fourth-order valence-corrected chi connectivity index (χ4v) is 10.4. The number of aromatic nitrogens is 3. The lowest BCUT2D eigenvalue weighted by Gasteiger charge is -2.41. The average Bonchev–Trinajstić information content (AvgIpc) is 3.86. The first-order chi connectivity index (χ1) is 23.7. The Morgan fingerprint density at radius 3 is 2.92 bits per heavy atom. The van der Waals surface area contributed by atoms with Crippen LogP contribution in [0.3, 0.4) is 0 Å². The van der Waals surface area contributed by atoms with E-state index in [0.29, 0.717) is 42.6 Å². The highest BCUT2D eigenvalue weighted by atomic mass is 35.5. The summed E-state index contributed by atoms with van der Waals surface area (Å²) in [6, 6.07) is 11.6. The van der Waals surface area contributed by atoms with E-state index in [1.807, 2.05) is 18.2 Å². The monoisotopic (exact) mass is 704 g/mol. The van der Waals surface area contributed by atoms with E-state index in [9.17, 15) is 13.8 Å². The molecule has 3 aromatic rings. The number of rotatable bonds is 5. The number of allylic oxidation sites excluding steroid dienone is 1. The largest absolute Gasteiger partial charge is 0.490 e. The van der Waals surface area contributed by atoms with Crippen molar-refractivity contribution in [2.24, 2.45) is 21.6 Å². The van der Waals surface area contributed by atoms with Gasteiger partial charge in [0.1, 0.15) is 28.3 Å². The maximum Gasteiger partial charge on any atom is 0.286 e. The summed E-state index contributed by atoms with van der Waals surface area (Å²) in [6.07, 6.45) is 12.4. The van der Waals surface area contributed by atoms with Crippen molar-refractivity contribution in [3.63, 3.8) is 0 Å². The highest BCUT2D eigenvalue weighted by molar-refractivity contribution is 7.92. The molecule has 49 heavy (non-hydrogen) atoms. The number of amides is 2. The van der Waals surface area contributed by atoms with Crippen LogP contribution in [-0.4, -0.2) is 69.5 Å². The molecule has 2 fully saturated rings. The van der Waals surface area contributed by atoms with E-state index in [1.165, 1.54) is 28.5 Å². The van der Waals surface area contributed by atoms with Crippen LogP contribution >= 0.6 is 11.6 Å². The van der Waals surface area contributed by atoms with Gasteiger partial charge < -0.3 is 14.4 Å². The number of nitrogens with one attached hydrogen (secondary N) is 1. The molecule has 2 bridgehead atoms. The van der Waals surface area contributed by atoms with E-state index in [0.717, 1.165) is 49.5 Å². The Morgan fingerprint density at radius 2 is 2.10 bits per heavy atom. The number of hydrogen-bond donors (Lipinski definition) is 1. The molecule has 1 aromatic heterocycles. The Bertz CT molecular complexity index is 1940. The van der Waals surface area contributed by atoms with Gasteiger partial charge in [-0.2, -0.15) is 5.10 Å². The van der Waals surface area contributed by atoms with E-state index in [1.54, 1.807) is 13.2 Å². The van der Waals surface area contributed by atoms with E-state index in [2.05, 4.69) is 48.4 Å². The summed E-state index contributed by atoms with van der Waals surface area (Å²) in [7, 11) is -1.65. The summed E-state index contributed by atoms with van der Waals surface area (Å²) in [4.78, 5) is 33.1. The standard InChI is InChI=1S/C36H41ClN6O5S/c1-47-31-7-3-2-4-15-49(46,40-32(44)12-14-43-23-38-22-39-43)41-34(45)25-8-11-30-29(17-25)42(20-36-18-28(36)33(31)36)19-35(21-48-30)13-5-6-24-16-26(37)9-10-27(24)35/h3,7-11,16-17,22-23,28,31,33H,2,4-6,12-15,18-21H2,1H3,(H,40,41,44,45,46)/b7-3+/t28?,31-,33-,35-,36-,49?/m0/s1. The Balaban J connectivity index is 1.16. The molecule has 258 valence electrons. The van der Waals surface area contributed by atoms with Crippen LogP contribution in [0.25, 0.3) is 0 Å². The zero-order chi connectivity index (χ0) is 33.8. The Kier molecular flexibility index (Phi) is 8.31. The van der Waals surface area contributed by atoms with Gasteiger partial charge in [0.05, 0.1) is 30.7 Å². The summed E-state index contributed by atoms with van der Waals surface area (Å²) < 4.78 is 35.2. The Labute approximate surface area is 291 Å². The first-order valence-corrected chi connectivity index (χ1v) is 19.2. The summed E-state index contributed by atoms with van der Waals surface area (Å²) >= 11 is 6.45. The maximum atomic E-state index is 14.2. The first kappa shape index (κ1) is 32.5. The second kappa shape index (κ2) is 12.5. The van der Waals surface area contributed by atoms with Gasteiger partial charge in [-0.3, -0.25) is 19.0 Å². The SMILES string of the molecule is CO[C@H]1/C=C/CCCS(=O)(NC(=O)CCn2cncn2)=NC(=O)c2ccc3c(c2)N(C[C@@]2(CCCc4cc(Cl)ccc42)CO3)C[C@@]23CC2[C@@H]13. The minimum atomic E-state index is -3.42. The van der Waals surface area contributed by atoms with Crippen molar-refractivity contribution in [1.82, 2.24) is 19.5 Å². The highest BCUT2D eigenvalue weighted by Gasteiger charge is 2.80. The van der Waals surface area contributed by atoms with Crippen LogP contribution in [0.1, 0.15) is 60.0 Å². The van der Waals surface area contributed by atoms with Crippen molar-refractivity contribution in [3.05, 3.63) is 82.9 Å². The number of fused-ring (bicyclic) bond motifs is 4. The molecule has 0 radical (unpaired) electrons. The number of methoxy groups -OCH3 is 1. The molecule has 0 saturated heterocycles. The number of carbonyl (C=O) groups is 2. The normalized spacial score (nSPS) is 32.4. The van der Waals surface area contributed by atoms with Crippen LogP contribution < -0.4 is 14.4 Å². The quantitative estimate of drug-likeness (QED) is 0.362. The zero-order valence-electron chi connectivity index (χ0n) is 27.6. The minimum absolute atomic E-state index is 0.0145. The van der Waals surface area contributed by atoms with Crippen molar-refractivity contribution in [2.75, 3.05) is 37.5 Å². The van der Waals surface area contributed by atoms with Crippen LogP contribution in [0, 0.1) is 17.3 Å². The summed E-state index contributed by atoms with van der Waals surface area (Å²) in [5, 5.41) is 4.76. The van der Waals surface area contributed by atoms with Gasteiger partial charge in [0.2, 0.25) is 5.91 Å². The van der Waals surface area contributed by atoms with Gasteiger partial charge in [0.15, 0.2) is 0 Å². The molecule has 2 aliphatic heterocycles. The molecule has 2 amide bonds. The Hall–Kier alpha value is -3.74. The molecule has 13 heteroatoms. The van der Waals surface area contributed by atoms with E-state index < -0.39 is 21.7 Å². The average molecular weight is 705 g/mol. The fraction of sp³-hybridized carbons (Fsp3) is 0.500. The number of carbonyl (C=O) groups excluding carboxylic acids is 2. The number of anilines is 1. The summed E-state index contributed by atoms with van der Waals surface area (Å²) in [5.41, 5.74) is 3.60. The number of benzene rings is 2. The van der Waals surface area contributed by atoms with Gasteiger partial charge in [0, 0.05) is 42.6 Å². The third kappa shape index (κ3) is 6.16. The van der Waals surface area contributed by atoms with Gasteiger partial charge in [-0.1, -0.05) is 29.8 Å². The summed E-state index contributed by atoms with van der Waals surface area (Å²) in [6.45, 7) is 2.33. The van der Waals surface area contributed by atoms with Crippen LogP contribution in [0.2, 0.25) is 5.02 Å². The Morgan fingerprint density at radius 1 is 1.20 bits per heavy atom. The smallest absolute Gasteiger partial charge is 0.286 e. The number of hydrogen-bond acceptors (Lipinski definition) is 8. The molecule has 3 aliphatic carbocycles. The lowest BCUT2D eigenvalue weighted by Crippen LogP contribution is -2.47. The maximum absolute atomic E-state index is 14.2. The lowest BCUT2D eigenvalue weighted by molar-refractivity contribution is -0.119. The van der Waals surface area contributed by atoms with Gasteiger partial charge >= 0.3 is 0 Å². The van der Waals surface area contributed by atoms with Crippen molar-refractivity contribution < 1.29 is 23.3 Å². The molecule has 2 spiro atoms. The molecular formula is C36H41ClN6O5S. The van der Waals surface area contributed by atoms with E-state index >= 15 is 0 Å². The van der Waals surface area contributed by atoms with Gasteiger partial charge in [-0.05, 0) is 97.2 Å². The summed E-state index contributed by atoms with van der Waals surface area (Å²) in [5.74, 6) is 0.654. The molecule has 5 aliphatic rings. The van der Waals surface area contributed by atoms with Gasteiger partial charge in [0.25, 0.3) is 5.91 Å². The molecule has 2 aromatic carbocycles. The van der Waals surface area contributed by atoms with E-state index in [-0.39, 0.29) is 35.7 Å². The van der Waals surface area contributed by atoms with E-state index in [4.69, 9.17) is 21.1 Å². The molecule has 2 unspecified atom stereocenters. The lowest BCUT2D eigenvalue weighted by atomic mass is 9.70. The van der Waals surface area contributed by atoms with Crippen molar-refractivity contribution in [3.8, 4) is 5.75 Å². The van der Waals surface area contributed by atoms with Gasteiger partial charge in [-0.15, -0.1) is 4.36 Å². The van der Waals surface area contributed by atoms with Crippen molar-refractivity contribution >= 4 is 39.0 Å². The van der Waals surface area contributed by atoms with Gasteiger partial charge in [-0.25, -0.2) is 9.19 Å². The highest BCUT2D eigenvalue weighted by Crippen LogP contribution is 2.81. The van der Waals surface area contributed by atoms with Crippen molar-refractivity contribution in [1.29, 1.82) is 0 Å². The zero-order valence-corrected chi connectivity index (χ0v) is 29.1. The van der Waals surface area contributed by atoms with Crippen LogP contribution in [0.15, 0.2) is 65.6 Å². The second-order valence-corrected chi connectivity index (χ2v) is 16.8. The van der Waals surface area contributed by atoms with Crippen LogP contribution in [0.5, 0.6) is 5.75 Å². The number of ether oxygens (including phenoxy) is 2. The topological polar surface area (TPSA) is 128 Å². The fourth-order valence-electron chi connectivity index (χ4n) is 8.56. The predicted molar refractivity (Wildman–Crippen MR) is 186 cm³/mol. The third-order valence-electron chi connectivity index (χ3n) is 11.2. The molecule has 11 nitrogen and oxygen atoms in total. The molecular weight excluding hydrogens is 664 g/mol. The van der Waals surface area contributed by atoms with Crippen LogP contribution in [0.4, 0.5) is 5.69 Å². The molecule has 3 heterocycles. The minimum Gasteiger partial charge on any atom is -0.490 e. The number of aryl methyl sites for hydroxylation is 2. The molecule has 1 N–H and O–H groups in total. The third-order valence-corrected chi connectivity index (χ3v) is 13.3. The van der Waals surface area contributed by atoms with Crippen LogP contribution in [-0.2, 0) is 37.8 Å². The molecule has 8 rings (SSSR count). The first-order valence-electron chi connectivity index (χ1n) is 17.1. The van der Waals surface area contributed by atoms with Crippen molar-refractivity contribution in [2.45, 2.75) is 63.0 Å². The number of nitrogens with zero attached hydrogens (tertiary/aromatic N) is 5. The molecule has 6 atom stereocenters. The molecule has 2 saturated carbocycles.